The third-order valence-corrected chi connectivity index (χ3v) is 4.27. The van der Waals surface area contributed by atoms with E-state index in [1.807, 2.05) is 4.90 Å². The minimum Gasteiger partial charge on any atom is -0.337 e. The molecule has 3 N–H and O–H groups in total. The minimum atomic E-state index is 0.757. The second-order valence-electron chi connectivity index (χ2n) is 5.29. The number of nitrogens with two attached hydrogens (primary N) is 1. The number of benzene rings is 1. The monoisotopic (exact) mass is 218 g/mol. The van der Waals surface area contributed by atoms with Crippen molar-refractivity contribution in [1.82, 2.24) is 0 Å². The van der Waals surface area contributed by atoms with E-state index in [1.54, 1.807) is 11.1 Å². The lowest BCUT2D eigenvalue weighted by molar-refractivity contribution is -0.937. The number of likely N-dealkylation sites (tertiary alicyclic amines) is 1. The third kappa shape index (κ3) is 1.66. The summed E-state index contributed by atoms with van der Waals surface area (Å²) in [5.41, 5.74) is 4.76. The van der Waals surface area contributed by atoms with Gasteiger partial charge < -0.3 is 10.2 Å². The fraction of sp³-hybridized carbons (Fsp3) is 0.571. The van der Waals surface area contributed by atoms with Crippen molar-refractivity contribution in [3.05, 3.63) is 34.9 Å². The maximum atomic E-state index is 2.48. The van der Waals surface area contributed by atoms with Gasteiger partial charge in [0.2, 0.25) is 0 Å². The smallest absolute Gasteiger partial charge is 0.163 e. The molecule has 0 aliphatic carbocycles. The molecule has 3 rings (SSSR count). The Kier molecular flexibility index (Phi) is 2.70. The molecule has 1 aromatic rings. The first-order valence-corrected chi connectivity index (χ1v) is 6.61. The van der Waals surface area contributed by atoms with Crippen LogP contribution >= 0.6 is 0 Å². The molecule has 1 atom stereocenters. The van der Waals surface area contributed by atoms with Crippen molar-refractivity contribution in [3.63, 3.8) is 0 Å². The molecule has 1 aromatic carbocycles. The highest BCUT2D eigenvalue weighted by atomic mass is 15.2. The van der Waals surface area contributed by atoms with Gasteiger partial charge in [0.15, 0.2) is 6.04 Å². The summed E-state index contributed by atoms with van der Waals surface area (Å²) >= 11 is 0. The van der Waals surface area contributed by atoms with Crippen LogP contribution in [0.5, 0.6) is 0 Å². The molecule has 86 valence electrons. The van der Waals surface area contributed by atoms with Gasteiger partial charge in [0.05, 0.1) is 13.1 Å². The van der Waals surface area contributed by atoms with Crippen molar-refractivity contribution in [2.24, 2.45) is 0 Å². The summed E-state index contributed by atoms with van der Waals surface area (Å²) in [5.74, 6) is 0. The zero-order valence-corrected chi connectivity index (χ0v) is 10.1. The van der Waals surface area contributed by atoms with Gasteiger partial charge in [-0.15, -0.1) is 0 Å². The Balaban J connectivity index is 1.98. The number of aryl methyl sites for hydroxylation is 1. The Hall–Kier alpha value is -0.860. The van der Waals surface area contributed by atoms with E-state index < -0.39 is 0 Å². The van der Waals surface area contributed by atoms with Gasteiger partial charge in [0, 0.05) is 24.0 Å². The molecule has 0 saturated carbocycles. The minimum absolute atomic E-state index is 0.757. The fourth-order valence-electron chi connectivity index (χ4n) is 3.49. The van der Waals surface area contributed by atoms with E-state index in [-0.39, 0.29) is 0 Å². The van der Waals surface area contributed by atoms with E-state index in [2.05, 4.69) is 30.4 Å². The van der Waals surface area contributed by atoms with Crippen molar-refractivity contribution in [3.8, 4) is 0 Å². The molecule has 2 aliphatic rings. The van der Waals surface area contributed by atoms with Gasteiger partial charge in [-0.1, -0.05) is 18.2 Å². The van der Waals surface area contributed by atoms with Gasteiger partial charge >= 0.3 is 0 Å². The molecule has 0 amide bonds. The van der Waals surface area contributed by atoms with E-state index in [4.69, 9.17) is 0 Å². The van der Waals surface area contributed by atoms with E-state index in [9.17, 15) is 0 Å². The SMILES string of the molecule is Cc1cccc2c1[C@@H]([NH+]1CCCC1)C[NH2+]C2. The topological polar surface area (TPSA) is 21.1 Å². The summed E-state index contributed by atoms with van der Waals surface area (Å²) in [7, 11) is 0. The summed E-state index contributed by atoms with van der Waals surface area (Å²) < 4.78 is 0. The molecule has 0 aromatic heterocycles. The Morgan fingerprint density at radius 1 is 1.25 bits per heavy atom. The average Bonchev–Trinajstić information content (AvgIpc) is 2.82. The van der Waals surface area contributed by atoms with Crippen LogP contribution in [-0.4, -0.2) is 19.6 Å². The van der Waals surface area contributed by atoms with Crippen LogP contribution in [0.15, 0.2) is 18.2 Å². The van der Waals surface area contributed by atoms with Crippen LogP contribution in [0.2, 0.25) is 0 Å². The van der Waals surface area contributed by atoms with Crippen LogP contribution in [-0.2, 0) is 6.54 Å². The highest BCUT2D eigenvalue weighted by Crippen LogP contribution is 2.21. The largest absolute Gasteiger partial charge is 0.337 e. The van der Waals surface area contributed by atoms with Crippen LogP contribution in [0.25, 0.3) is 0 Å². The van der Waals surface area contributed by atoms with Crippen molar-refractivity contribution < 1.29 is 10.2 Å². The number of nitrogens with one attached hydrogen (secondary N) is 1. The number of quaternary nitrogens is 2. The van der Waals surface area contributed by atoms with Crippen LogP contribution < -0.4 is 10.2 Å². The molecule has 2 heteroatoms. The van der Waals surface area contributed by atoms with E-state index in [0.717, 1.165) is 6.04 Å². The first kappa shape index (κ1) is 10.3. The van der Waals surface area contributed by atoms with Crippen molar-refractivity contribution >= 4 is 0 Å². The van der Waals surface area contributed by atoms with Crippen molar-refractivity contribution in [2.45, 2.75) is 32.4 Å². The summed E-state index contributed by atoms with van der Waals surface area (Å²) in [5, 5.41) is 2.48. The maximum absolute atomic E-state index is 2.48. The van der Waals surface area contributed by atoms with Crippen LogP contribution in [0.3, 0.4) is 0 Å². The van der Waals surface area contributed by atoms with Gasteiger partial charge in [-0.3, -0.25) is 0 Å². The molecule has 2 nitrogen and oxygen atoms in total. The van der Waals surface area contributed by atoms with Gasteiger partial charge in [0.25, 0.3) is 0 Å². The molecule has 0 unspecified atom stereocenters. The van der Waals surface area contributed by atoms with Gasteiger partial charge in [-0.25, -0.2) is 0 Å². The highest BCUT2D eigenvalue weighted by molar-refractivity contribution is 5.36. The first-order valence-electron chi connectivity index (χ1n) is 6.61. The van der Waals surface area contributed by atoms with E-state index >= 15 is 0 Å². The molecule has 2 aliphatic heterocycles. The van der Waals surface area contributed by atoms with Crippen LogP contribution in [0.1, 0.15) is 35.6 Å². The normalized spacial score (nSPS) is 25.7. The Morgan fingerprint density at radius 3 is 2.88 bits per heavy atom. The zero-order chi connectivity index (χ0) is 11.0. The van der Waals surface area contributed by atoms with E-state index in [0.29, 0.717) is 0 Å². The molecular formula is C14H22N2+2. The van der Waals surface area contributed by atoms with Crippen molar-refractivity contribution in [1.29, 1.82) is 0 Å². The van der Waals surface area contributed by atoms with Gasteiger partial charge in [-0.2, -0.15) is 0 Å². The third-order valence-electron chi connectivity index (χ3n) is 4.27. The average molecular weight is 218 g/mol. The Labute approximate surface area is 97.6 Å². The lowest BCUT2D eigenvalue weighted by atomic mass is 9.91. The molecule has 0 bridgehead atoms. The van der Waals surface area contributed by atoms with Gasteiger partial charge in [-0.05, 0) is 12.5 Å². The molecule has 1 saturated heterocycles. The maximum Gasteiger partial charge on any atom is 0.163 e. The number of rotatable bonds is 1. The molecule has 16 heavy (non-hydrogen) atoms. The zero-order valence-electron chi connectivity index (χ0n) is 10.1. The van der Waals surface area contributed by atoms with Crippen LogP contribution in [0, 0.1) is 6.92 Å². The standard InChI is InChI=1S/C14H20N2/c1-11-5-4-6-12-9-15-10-13(14(11)12)16-7-2-3-8-16/h4-6,13,15H,2-3,7-10H2,1H3/p+2/t13-/m0/s1. The lowest BCUT2D eigenvalue weighted by Crippen LogP contribution is -3.13. The number of fused-ring (bicyclic) bond motifs is 1. The predicted octanol–water partition coefficient (Wildman–Crippen LogP) is -0.208. The van der Waals surface area contributed by atoms with E-state index in [1.165, 1.54) is 44.6 Å². The number of hydrogen-bond donors (Lipinski definition) is 2. The molecule has 0 spiro atoms. The lowest BCUT2D eigenvalue weighted by Gasteiger charge is -2.29. The Bertz CT molecular complexity index is 380. The Morgan fingerprint density at radius 2 is 2.06 bits per heavy atom. The highest BCUT2D eigenvalue weighted by Gasteiger charge is 2.34. The summed E-state index contributed by atoms with van der Waals surface area (Å²) in [4.78, 5) is 1.83. The van der Waals surface area contributed by atoms with Crippen LogP contribution in [0.4, 0.5) is 0 Å². The van der Waals surface area contributed by atoms with Gasteiger partial charge in [0.1, 0.15) is 13.1 Å². The molecule has 1 fully saturated rings. The fourth-order valence-corrected chi connectivity index (χ4v) is 3.49. The molecular weight excluding hydrogens is 196 g/mol. The molecule has 2 heterocycles. The summed E-state index contributed by atoms with van der Waals surface area (Å²) in [6, 6.07) is 7.57. The predicted molar refractivity (Wildman–Crippen MR) is 64.3 cm³/mol. The van der Waals surface area contributed by atoms with Crippen molar-refractivity contribution in [2.75, 3.05) is 19.6 Å². The summed E-state index contributed by atoms with van der Waals surface area (Å²) in [6.07, 6.45) is 2.85. The first-order chi connectivity index (χ1) is 7.86. The molecule has 0 radical (unpaired) electrons. The quantitative estimate of drug-likeness (QED) is 0.651. The summed E-state index contributed by atoms with van der Waals surface area (Å²) in [6.45, 7) is 7.51. The second kappa shape index (κ2) is 4.19. The second-order valence-corrected chi connectivity index (χ2v) is 5.29. The number of hydrogen-bond acceptors (Lipinski definition) is 0.